The molecule has 0 atom stereocenters. The Morgan fingerprint density at radius 3 is 2.47 bits per heavy atom. The van der Waals surface area contributed by atoms with E-state index in [2.05, 4.69) is 5.32 Å². The normalized spacial score (nSPS) is 17.8. The van der Waals surface area contributed by atoms with Crippen molar-refractivity contribution < 1.29 is 9.18 Å². The Morgan fingerprint density at radius 1 is 1.35 bits per heavy atom. The van der Waals surface area contributed by atoms with E-state index in [0.717, 1.165) is 24.8 Å². The minimum atomic E-state index is -0.287. The summed E-state index contributed by atoms with van der Waals surface area (Å²) in [6.45, 7) is 1.81. The molecule has 1 aliphatic rings. The van der Waals surface area contributed by atoms with Gasteiger partial charge in [-0.1, -0.05) is 18.2 Å². The highest BCUT2D eigenvalue weighted by Crippen LogP contribution is 2.41. The van der Waals surface area contributed by atoms with E-state index in [4.69, 9.17) is 0 Å². The minimum absolute atomic E-state index is 0.0866. The molecule has 0 aromatic heterocycles. The molecule has 1 amide bonds. The van der Waals surface area contributed by atoms with E-state index in [9.17, 15) is 9.18 Å². The van der Waals surface area contributed by atoms with Crippen molar-refractivity contribution in [1.29, 1.82) is 0 Å². The van der Waals surface area contributed by atoms with Crippen LogP contribution in [0.4, 0.5) is 4.39 Å². The molecule has 0 radical (unpaired) electrons. The third-order valence-corrected chi connectivity index (χ3v) is 3.28. The summed E-state index contributed by atoms with van der Waals surface area (Å²) in [5.74, 6) is -0.334. The van der Waals surface area contributed by atoms with E-state index in [-0.39, 0.29) is 17.3 Å². The first kappa shape index (κ1) is 11.8. The van der Waals surface area contributed by atoms with Crippen molar-refractivity contribution in [2.24, 2.45) is 0 Å². The Bertz CT molecular complexity index is 432. The van der Waals surface area contributed by atoms with Crippen LogP contribution in [0.1, 0.15) is 31.7 Å². The van der Waals surface area contributed by atoms with Gasteiger partial charge in [-0.15, -0.1) is 0 Å². The van der Waals surface area contributed by atoms with Gasteiger partial charge in [-0.2, -0.15) is 0 Å². The van der Waals surface area contributed by atoms with Crippen molar-refractivity contribution in [3.8, 4) is 0 Å². The van der Waals surface area contributed by atoms with Crippen LogP contribution in [-0.4, -0.2) is 5.91 Å². The molecule has 1 fully saturated rings. The van der Waals surface area contributed by atoms with Gasteiger partial charge < -0.3 is 5.32 Å². The molecule has 0 spiro atoms. The zero-order valence-corrected chi connectivity index (χ0v) is 9.87. The minimum Gasteiger partial charge on any atom is -0.343 e. The number of halogens is 1. The first-order valence-electron chi connectivity index (χ1n) is 5.87. The SMILES string of the molecule is C/C=C/C(=O)NC1(c2ccc(F)cc2)CCC1. The number of hydrogen-bond acceptors (Lipinski definition) is 1. The van der Waals surface area contributed by atoms with Crippen LogP contribution in [0.25, 0.3) is 0 Å². The van der Waals surface area contributed by atoms with Crippen LogP contribution in [0.15, 0.2) is 36.4 Å². The molecule has 0 unspecified atom stereocenters. The Hall–Kier alpha value is -1.64. The summed E-state index contributed by atoms with van der Waals surface area (Å²) in [6.07, 6.45) is 6.16. The predicted molar refractivity (Wildman–Crippen MR) is 64.9 cm³/mol. The van der Waals surface area contributed by atoms with Crippen LogP contribution in [0.5, 0.6) is 0 Å². The average Bonchev–Trinajstić information content (AvgIpc) is 2.25. The molecular weight excluding hydrogens is 217 g/mol. The van der Waals surface area contributed by atoms with Crippen molar-refractivity contribution in [2.75, 3.05) is 0 Å². The van der Waals surface area contributed by atoms with Gasteiger partial charge in [-0.25, -0.2) is 4.39 Å². The molecule has 0 bridgehead atoms. The zero-order chi connectivity index (χ0) is 12.3. The highest BCUT2D eigenvalue weighted by atomic mass is 19.1. The van der Waals surface area contributed by atoms with Gasteiger partial charge in [0, 0.05) is 0 Å². The molecule has 1 aromatic carbocycles. The van der Waals surface area contributed by atoms with Gasteiger partial charge in [-0.05, 0) is 50.0 Å². The molecule has 1 saturated carbocycles. The lowest BCUT2D eigenvalue weighted by Gasteiger charge is -2.42. The fourth-order valence-electron chi connectivity index (χ4n) is 2.21. The topological polar surface area (TPSA) is 29.1 Å². The predicted octanol–water partition coefficient (Wildman–Crippen LogP) is 2.90. The number of allylic oxidation sites excluding steroid dienone is 1. The van der Waals surface area contributed by atoms with Gasteiger partial charge in [0.1, 0.15) is 5.82 Å². The van der Waals surface area contributed by atoms with E-state index in [1.807, 2.05) is 6.92 Å². The zero-order valence-electron chi connectivity index (χ0n) is 9.87. The largest absolute Gasteiger partial charge is 0.343 e. The average molecular weight is 233 g/mol. The van der Waals surface area contributed by atoms with Crippen molar-refractivity contribution in [3.05, 3.63) is 47.8 Å². The van der Waals surface area contributed by atoms with Gasteiger partial charge in [-0.3, -0.25) is 4.79 Å². The maximum Gasteiger partial charge on any atom is 0.244 e. The third-order valence-electron chi connectivity index (χ3n) is 3.28. The second kappa shape index (κ2) is 4.70. The molecular formula is C14H16FNO. The number of nitrogens with one attached hydrogen (secondary N) is 1. The van der Waals surface area contributed by atoms with Gasteiger partial charge >= 0.3 is 0 Å². The first-order valence-corrected chi connectivity index (χ1v) is 5.87. The molecule has 2 nitrogen and oxygen atoms in total. The Kier molecular flexibility index (Phi) is 3.27. The number of hydrogen-bond donors (Lipinski definition) is 1. The maximum absolute atomic E-state index is 12.9. The monoisotopic (exact) mass is 233 g/mol. The fraction of sp³-hybridized carbons (Fsp3) is 0.357. The Balaban J connectivity index is 2.19. The molecule has 1 aromatic rings. The summed E-state index contributed by atoms with van der Waals surface area (Å²) in [4.78, 5) is 11.6. The molecule has 0 heterocycles. The smallest absolute Gasteiger partial charge is 0.244 e. The standard InChI is InChI=1S/C14H16FNO/c1-2-4-13(17)16-14(9-3-10-14)11-5-7-12(15)8-6-11/h2,4-8H,3,9-10H2,1H3,(H,16,17)/b4-2+. The van der Waals surface area contributed by atoms with Gasteiger partial charge in [0.25, 0.3) is 0 Å². The number of carbonyl (C=O) groups excluding carboxylic acids is 1. The number of benzene rings is 1. The second-order valence-corrected chi connectivity index (χ2v) is 4.43. The molecule has 1 N–H and O–H groups in total. The van der Waals surface area contributed by atoms with Crippen LogP contribution in [0.3, 0.4) is 0 Å². The van der Waals surface area contributed by atoms with E-state index in [0.29, 0.717) is 0 Å². The van der Waals surface area contributed by atoms with Crippen molar-refractivity contribution in [3.63, 3.8) is 0 Å². The van der Waals surface area contributed by atoms with Crippen LogP contribution in [0.2, 0.25) is 0 Å². The second-order valence-electron chi connectivity index (χ2n) is 4.43. The molecule has 3 heteroatoms. The number of rotatable bonds is 3. The van der Waals surface area contributed by atoms with Crippen LogP contribution < -0.4 is 5.32 Å². The fourth-order valence-corrected chi connectivity index (χ4v) is 2.21. The van der Waals surface area contributed by atoms with E-state index >= 15 is 0 Å². The van der Waals surface area contributed by atoms with Crippen LogP contribution in [-0.2, 0) is 10.3 Å². The molecule has 17 heavy (non-hydrogen) atoms. The molecule has 0 aliphatic heterocycles. The van der Waals surface area contributed by atoms with Crippen molar-refractivity contribution in [2.45, 2.75) is 31.7 Å². The quantitative estimate of drug-likeness (QED) is 0.799. The van der Waals surface area contributed by atoms with Gasteiger partial charge in [0.15, 0.2) is 0 Å². The van der Waals surface area contributed by atoms with Crippen LogP contribution >= 0.6 is 0 Å². The number of carbonyl (C=O) groups is 1. The summed E-state index contributed by atoms with van der Waals surface area (Å²) in [5.41, 5.74) is 0.701. The number of amides is 1. The van der Waals surface area contributed by atoms with E-state index in [1.165, 1.54) is 18.2 Å². The summed E-state index contributed by atoms with van der Waals surface area (Å²) < 4.78 is 12.9. The van der Waals surface area contributed by atoms with Gasteiger partial charge in [0.05, 0.1) is 5.54 Å². The van der Waals surface area contributed by atoms with Gasteiger partial charge in [0.2, 0.25) is 5.91 Å². The lowest BCUT2D eigenvalue weighted by atomic mass is 9.72. The molecule has 90 valence electrons. The Labute approximate surface area is 101 Å². The molecule has 2 rings (SSSR count). The first-order chi connectivity index (χ1) is 8.16. The lowest BCUT2D eigenvalue weighted by Crippen LogP contribution is -2.50. The van der Waals surface area contributed by atoms with Crippen molar-refractivity contribution >= 4 is 5.91 Å². The molecule has 1 aliphatic carbocycles. The Morgan fingerprint density at radius 2 is 2.00 bits per heavy atom. The molecule has 0 saturated heterocycles. The lowest BCUT2D eigenvalue weighted by molar-refractivity contribution is -0.119. The summed E-state index contributed by atoms with van der Waals surface area (Å²) in [7, 11) is 0. The maximum atomic E-state index is 12.9. The summed E-state index contributed by atoms with van der Waals surface area (Å²) >= 11 is 0. The summed E-state index contributed by atoms with van der Waals surface area (Å²) in [5, 5.41) is 3.02. The van der Waals surface area contributed by atoms with E-state index in [1.54, 1.807) is 18.2 Å². The summed E-state index contributed by atoms with van der Waals surface area (Å²) in [6, 6.07) is 6.39. The van der Waals surface area contributed by atoms with Crippen molar-refractivity contribution in [1.82, 2.24) is 5.32 Å². The third kappa shape index (κ3) is 2.38. The van der Waals surface area contributed by atoms with E-state index < -0.39 is 0 Å². The van der Waals surface area contributed by atoms with Crippen LogP contribution in [0, 0.1) is 5.82 Å². The highest BCUT2D eigenvalue weighted by Gasteiger charge is 2.39. The highest BCUT2D eigenvalue weighted by molar-refractivity contribution is 5.88.